The zero-order chi connectivity index (χ0) is 17.6. The normalized spacial score (nSPS) is 10.4. The van der Waals surface area contributed by atoms with Crippen LogP contribution in [-0.4, -0.2) is 16.8 Å². The number of nitrogens with zero attached hydrogens (tertiary/aromatic N) is 1. The van der Waals surface area contributed by atoms with Crippen LogP contribution in [0.4, 0.5) is 5.69 Å². The van der Waals surface area contributed by atoms with E-state index in [0.29, 0.717) is 12.2 Å². The average molecular weight is 355 g/mol. The molecule has 0 saturated heterocycles. The minimum atomic E-state index is -0.301. The Hall–Kier alpha value is -2.93. The first-order valence-electron chi connectivity index (χ1n) is 7.71. The number of aromatic nitrogens is 1. The van der Waals surface area contributed by atoms with E-state index in [0.717, 1.165) is 16.3 Å². The van der Waals surface area contributed by atoms with E-state index >= 15 is 0 Å². The van der Waals surface area contributed by atoms with E-state index in [1.165, 1.54) is 17.6 Å². The topological polar surface area (TPSA) is 84.2 Å². The van der Waals surface area contributed by atoms with Crippen LogP contribution in [0.2, 0.25) is 0 Å². The summed E-state index contributed by atoms with van der Waals surface area (Å²) < 4.78 is 5.04. The Morgan fingerprint density at radius 1 is 1.20 bits per heavy atom. The fourth-order valence-corrected chi connectivity index (χ4v) is 2.84. The van der Waals surface area contributed by atoms with Gasteiger partial charge in [0.25, 0.3) is 5.91 Å². The van der Waals surface area contributed by atoms with Gasteiger partial charge in [0.05, 0.1) is 23.4 Å². The first kappa shape index (κ1) is 16.9. The molecule has 0 fully saturated rings. The molecule has 0 saturated carbocycles. The lowest BCUT2D eigenvalue weighted by molar-refractivity contribution is -0.120. The third-order valence-electron chi connectivity index (χ3n) is 3.45. The van der Waals surface area contributed by atoms with Crippen molar-refractivity contribution in [1.29, 1.82) is 0 Å². The molecular formula is C18H17N3O3S. The van der Waals surface area contributed by atoms with Crippen molar-refractivity contribution in [1.82, 2.24) is 10.3 Å². The van der Waals surface area contributed by atoms with Crippen LogP contribution < -0.4 is 10.6 Å². The van der Waals surface area contributed by atoms with Gasteiger partial charge in [-0.2, -0.15) is 0 Å². The van der Waals surface area contributed by atoms with E-state index in [2.05, 4.69) is 15.6 Å². The van der Waals surface area contributed by atoms with Crippen LogP contribution in [0.5, 0.6) is 0 Å². The van der Waals surface area contributed by atoms with Crippen molar-refractivity contribution in [2.24, 2.45) is 0 Å². The molecule has 2 heterocycles. The van der Waals surface area contributed by atoms with E-state index in [4.69, 9.17) is 4.42 Å². The Morgan fingerprint density at radius 2 is 2.00 bits per heavy atom. The maximum Gasteiger partial charge on any atom is 0.291 e. The maximum absolute atomic E-state index is 11.9. The highest BCUT2D eigenvalue weighted by Gasteiger charge is 2.09. The van der Waals surface area contributed by atoms with Gasteiger partial charge in [-0.05, 0) is 36.8 Å². The van der Waals surface area contributed by atoms with Crippen molar-refractivity contribution < 1.29 is 14.0 Å². The Labute approximate surface area is 148 Å². The Kier molecular flexibility index (Phi) is 5.25. The standard InChI is InChI=1S/C18H17N3O3S/c1-12-20-15(11-25-12)9-17(22)19-10-13-4-6-14(7-5-13)21-18(23)16-3-2-8-24-16/h2-8,11H,9-10H2,1H3,(H,19,22)(H,21,23). The Balaban J connectivity index is 1.49. The molecule has 128 valence electrons. The van der Waals surface area contributed by atoms with Gasteiger partial charge in [-0.1, -0.05) is 12.1 Å². The molecule has 1 aromatic carbocycles. The molecule has 2 aromatic heterocycles. The molecule has 0 bridgehead atoms. The van der Waals surface area contributed by atoms with Crippen LogP contribution in [0, 0.1) is 6.92 Å². The van der Waals surface area contributed by atoms with Gasteiger partial charge in [0.2, 0.25) is 5.91 Å². The molecule has 2 N–H and O–H groups in total. The molecule has 2 amide bonds. The van der Waals surface area contributed by atoms with Crippen molar-refractivity contribution in [3.8, 4) is 0 Å². The number of hydrogen-bond donors (Lipinski definition) is 2. The molecule has 0 atom stereocenters. The van der Waals surface area contributed by atoms with Crippen LogP contribution in [-0.2, 0) is 17.8 Å². The van der Waals surface area contributed by atoms with Gasteiger partial charge in [0.15, 0.2) is 5.76 Å². The lowest BCUT2D eigenvalue weighted by atomic mass is 10.2. The maximum atomic E-state index is 11.9. The second-order valence-electron chi connectivity index (χ2n) is 5.44. The summed E-state index contributed by atoms with van der Waals surface area (Å²) in [7, 11) is 0. The van der Waals surface area contributed by atoms with E-state index in [1.54, 1.807) is 24.3 Å². The fourth-order valence-electron chi connectivity index (χ4n) is 2.22. The molecule has 0 aliphatic rings. The second-order valence-corrected chi connectivity index (χ2v) is 6.50. The summed E-state index contributed by atoms with van der Waals surface area (Å²) >= 11 is 1.53. The van der Waals surface area contributed by atoms with Crippen molar-refractivity contribution >= 4 is 28.8 Å². The lowest BCUT2D eigenvalue weighted by Crippen LogP contribution is -2.24. The number of hydrogen-bond acceptors (Lipinski definition) is 5. The van der Waals surface area contributed by atoms with Gasteiger partial charge in [-0.3, -0.25) is 9.59 Å². The number of furan rings is 1. The number of aryl methyl sites for hydroxylation is 1. The summed E-state index contributed by atoms with van der Waals surface area (Å²) in [6, 6.07) is 10.5. The van der Waals surface area contributed by atoms with Crippen molar-refractivity contribution in [2.45, 2.75) is 19.9 Å². The Bertz CT molecular complexity index is 854. The molecule has 0 spiro atoms. The number of rotatable bonds is 6. The molecule has 7 heteroatoms. The molecule has 0 radical (unpaired) electrons. The SMILES string of the molecule is Cc1nc(CC(=O)NCc2ccc(NC(=O)c3ccco3)cc2)cs1. The Morgan fingerprint density at radius 3 is 2.64 bits per heavy atom. The van der Waals surface area contributed by atoms with E-state index in [9.17, 15) is 9.59 Å². The third kappa shape index (κ3) is 4.77. The molecule has 0 aliphatic heterocycles. The van der Waals surface area contributed by atoms with Gasteiger partial charge in [0, 0.05) is 17.6 Å². The molecule has 6 nitrogen and oxygen atoms in total. The zero-order valence-corrected chi connectivity index (χ0v) is 14.4. The third-order valence-corrected chi connectivity index (χ3v) is 4.28. The minimum absolute atomic E-state index is 0.0690. The van der Waals surface area contributed by atoms with Gasteiger partial charge in [-0.25, -0.2) is 4.98 Å². The average Bonchev–Trinajstić information content (AvgIpc) is 3.26. The zero-order valence-electron chi connectivity index (χ0n) is 13.6. The van der Waals surface area contributed by atoms with Crippen LogP contribution in [0.3, 0.4) is 0 Å². The summed E-state index contributed by atoms with van der Waals surface area (Å²) in [5, 5.41) is 8.45. The number of benzene rings is 1. The summed E-state index contributed by atoms with van der Waals surface area (Å²) in [4.78, 5) is 28.1. The van der Waals surface area contributed by atoms with Gasteiger partial charge < -0.3 is 15.1 Å². The quantitative estimate of drug-likeness (QED) is 0.711. The summed E-state index contributed by atoms with van der Waals surface area (Å²) in [6.07, 6.45) is 1.73. The van der Waals surface area contributed by atoms with E-state index in [1.807, 2.05) is 24.4 Å². The highest BCUT2D eigenvalue weighted by atomic mass is 32.1. The van der Waals surface area contributed by atoms with Crippen molar-refractivity contribution in [3.63, 3.8) is 0 Å². The molecule has 0 unspecified atom stereocenters. The number of anilines is 1. The smallest absolute Gasteiger partial charge is 0.291 e. The van der Waals surface area contributed by atoms with Crippen LogP contribution in [0.1, 0.15) is 26.8 Å². The van der Waals surface area contributed by atoms with Crippen LogP contribution >= 0.6 is 11.3 Å². The summed E-state index contributed by atoms with van der Waals surface area (Å²) in [6.45, 7) is 2.34. The number of nitrogens with one attached hydrogen (secondary N) is 2. The van der Waals surface area contributed by atoms with Gasteiger partial charge in [-0.15, -0.1) is 11.3 Å². The molecule has 0 aliphatic carbocycles. The minimum Gasteiger partial charge on any atom is -0.459 e. The summed E-state index contributed by atoms with van der Waals surface area (Å²) in [5.41, 5.74) is 2.39. The number of carbonyl (C=O) groups excluding carboxylic acids is 2. The predicted molar refractivity (Wildman–Crippen MR) is 95.5 cm³/mol. The number of amides is 2. The number of thiazole rings is 1. The molecule has 3 rings (SSSR count). The van der Waals surface area contributed by atoms with Crippen LogP contribution in [0.25, 0.3) is 0 Å². The highest BCUT2D eigenvalue weighted by molar-refractivity contribution is 7.09. The van der Waals surface area contributed by atoms with Gasteiger partial charge >= 0.3 is 0 Å². The van der Waals surface area contributed by atoms with Crippen LogP contribution in [0.15, 0.2) is 52.5 Å². The first-order chi connectivity index (χ1) is 12.1. The largest absolute Gasteiger partial charge is 0.459 e. The molecular weight excluding hydrogens is 338 g/mol. The number of carbonyl (C=O) groups is 2. The molecule has 3 aromatic rings. The van der Waals surface area contributed by atoms with Crippen molar-refractivity contribution in [3.05, 3.63) is 70.1 Å². The first-order valence-corrected chi connectivity index (χ1v) is 8.59. The monoisotopic (exact) mass is 355 g/mol. The second kappa shape index (κ2) is 7.76. The fraction of sp³-hybridized carbons (Fsp3) is 0.167. The summed E-state index contributed by atoms with van der Waals surface area (Å²) in [5.74, 6) is -0.112. The van der Waals surface area contributed by atoms with Crippen molar-refractivity contribution in [2.75, 3.05) is 5.32 Å². The molecule has 25 heavy (non-hydrogen) atoms. The van der Waals surface area contributed by atoms with E-state index < -0.39 is 0 Å². The van der Waals surface area contributed by atoms with Gasteiger partial charge in [0.1, 0.15) is 0 Å². The predicted octanol–water partition coefficient (Wildman–Crippen LogP) is 3.16. The highest BCUT2D eigenvalue weighted by Crippen LogP contribution is 2.12. The van der Waals surface area contributed by atoms with E-state index in [-0.39, 0.29) is 24.0 Å². The lowest BCUT2D eigenvalue weighted by Gasteiger charge is -2.07.